The third-order valence-corrected chi connectivity index (χ3v) is 3.81. The average Bonchev–Trinajstić information content (AvgIpc) is 2.86. The van der Waals surface area contributed by atoms with Crippen LogP contribution in [-0.2, 0) is 17.8 Å². The van der Waals surface area contributed by atoms with Gasteiger partial charge < -0.3 is 14.7 Å². The molecular weight excluding hydrogens is 270 g/mol. The topological polar surface area (TPSA) is 79.7 Å². The van der Waals surface area contributed by atoms with Crippen molar-refractivity contribution >= 4 is 0 Å². The summed E-state index contributed by atoms with van der Waals surface area (Å²) in [5.74, 6) is -0.0801. The molecule has 112 valence electrons. The molecule has 1 aliphatic heterocycles. The van der Waals surface area contributed by atoms with Gasteiger partial charge in [-0.1, -0.05) is 6.08 Å². The van der Waals surface area contributed by atoms with Crippen molar-refractivity contribution < 1.29 is 14.7 Å². The Morgan fingerprint density at radius 1 is 1.67 bits per heavy atom. The van der Waals surface area contributed by atoms with E-state index in [1.807, 2.05) is 13.0 Å². The number of quaternary nitrogens is 1. The van der Waals surface area contributed by atoms with Crippen LogP contribution < -0.4 is 10.5 Å². The zero-order chi connectivity index (χ0) is 15.6. The minimum Gasteiger partial charge on any atom is -0.494 e. The van der Waals surface area contributed by atoms with Crippen LogP contribution in [0.2, 0.25) is 0 Å². The maximum Gasteiger partial charge on any atom is 0.271 e. The fourth-order valence-corrected chi connectivity index (χ4v) is 2.67. The number of nitriles is 1. The summed E-state index contributed by atoms with van der Waals surface area (Å²) >= 11 is 0. The number of hydrogen-bond donors (Lipinski definition) is 2. The molecule has 0 aromatic carbocycles. The Balaban J connectivity index is 2.49. The Hall–Kier alpha value is -2.10. The van der Waals surface area contributed by atoms with Gasteiger partial charge in [-0.05, 0) is 19.4 Å². The predicted octanol–water partition coefficient (Wildman–Crippen LogP) is -0.319. The molecule has 6 heteroatoms. The second-order valence-corrected chi connectivity index (χ2v) is 5.37. The van der Waals surface area contributed by atoms with Crippen LogP contribution in [0.4, 0.5) is 0 Å². The third kappa shape index (κ3) is 2.84. The number of aromatic nitrogens is 1. The summed E-state index contributed by atoms with van der Waals surface area (Å²) in [7, 11) is 0. The van der Waals surface area contributed by atoms with Crippen LogP contribution in [-0.4, -0.2) is 29.1 Å². The molecule has 1 unspecified atom stereocenters. The van der Waals surface area contributed by atoms with Crippen LogP contribution in [0.3, 0.4) is 0 Å². The summed E-state index contributed by atoms with van der Waals surface area (Å²) in [6.45, 7) is 9.37. The van der Waals surface area contributed by atoms with Crippen LogP contribution in [0.25, 0.3) is 0 Å². The van der Waals surface area contributed by atoms with Gasteiger partial charge in [-0.15, -0.1) is 6.58 Å². The Morgan fingerprint density at radius 3 is 2.90 bits per heavy atom. The SMILES string of the molecule is C=CCn1c(O)c(C[NH+]2CO[C@@H](C)C2)c(C)c(C#N)c1=O. The Morgan fingerprint density at radius 2 is 2.38 bits per heavy atom. The first-order valence-corrected chi connectivity index (χ1v) is 6.91. The minimum atomic E-state index is -0.475. The quantitative estimate of drug-likeness (QED) is 0.745. The standard InChI is InChI=1S/C15H19N3O3/c1-4-5-18-14(19)12(6-16)11(3)13(15(18)20)8-17-7-10(2)21-9-17/h4,10,20H,1,5,7-9H2,2-3H3/p+1/t10-/m0/s1. The van der Waals surface area contributed by atoms with E-state index in [9.17, 15) is 15.2 Å². The smallest absolute Gasteiger partial charge is 0.271 e. The van der Waals surface area contributed by atoms with Crippen molar-refractivity contribution in [2.45, 2.75) is 33.0 Å². The lowest BCUT2D eigenvalue weighted by molar-refractivity contribution is -0.911. The first-order valence-electron chi connectivity index (χ1n) is 6.91. The van der Waals surface area contributed by atoms with Gasteiger partial charge in [0.25, 0.3) is 5.56 Å². The molecule has 0 aliphatic carbocycles. The second-order valence-electron chi connectivity index (χ2n) is 5.37. The van der Waals surface area contributed by atoms with Gasteiger partial charge in [0.2, 0.25) is 5.88 Å². The number of rotatable bonds is 4. The summed E-state index contributed by atoms with van der Waals surface area (Å²) < 4.78 is 6.70. The van der Waals surface area contributed by atoms with Crippen LogP contribution in [0.15, 0.2) is 17.4 Å². The molecule has 0 radical (unpaired) electrons. The molecular formula is C15H20N3O3+. The molecule has 2 N–H and O–H groups in total. The molecule has 0 saturated carbocycles. The molecule has 1 saturated heterocycles. The van der Waals surface area contributed by atoms with E-state index in [1.165, 1.54) is 10.6 Å². The Kier molecular flexibility index (Phi) is 4.46. The summed E-state index contributed by atoms with van der Waals surface area (Å²) in [5, 5.41) is 19.6. The third-order valence-electron chi connectivity index (χ3n) is 3.81. The Bertz CT molecular complexity index is 658. The van der Waals surface area contributed by atoms with Crippen LogP contribution in [0.1, 0.15) is 23.6 Å². The van der Waals surface area contributed by atoms with E-state index in [2.05, 4.69) is 6.58 Å². The molecule has 2 heterocycles. The average molecular weight is 290 g/mol. The van der Waals surface area contributed by atoms with Gasteiger partial charge in [-0.3, -0.25) is 9.36 Å². The molecule has 1 aliphatic rings. The lowest BCUT2D eigenvalue weighted by atomic mass is 10.0. The molecule has 2 rings (SSSR count). The van der Waals surface area contributed by atoms with Crippen molar-refractivity contribution in [2.75, 3.05) is 13.3 Å². The molecule has 1 fully saturated rings. The number of pyridine rings is 1. The minimum absolute atomic E-state index is 0.0801. The Labute approximate surface area is 123 Å². The van der Waals surface area contributed by atoms with Crippen LogP contribution in [0.5, 0.6) is 5.88 Å². The number of ether oxygens (including phenoxy) is 1. The first kappa shape index (κ1) is 15.3. The molecule has 1 aromatic rings. The van der Waals surface area contributed by atoms with Crippen molar-refractivity contribution in [1.29, 1.82) is 5.26 Å². The maximum absolute atomic E-state index is 12.2. The van der Waals surface area contributed by atoms with Crippen LogP contribution in [0, 0.1) is 18.3 Å². The monoisotopic (exact) mass is 290 g/mol. The van der Waals surface area contributed by atoms with E-state index in [0.717, 1.165) is 11.4 Å². The van der Waals surface area contributed by atoms with E-state index in [1.54, 1.807) is 6.92 Å². The van der Waals surface area contributed by atoms with Gasteiger partial charge in [0.05, 0.1) is 5.56 Å². The molecule has 21 heavy (non-hydrogen) atoms. The highest BCUT2D eigenvalue weighted by Gasteiger charge is 2.27. The van der Waals surface area contributed by atoms with Gasteiger partial charge in [-0.2, -0.15) is 5.26 Å². The first-order chi connectivity index (χ1) is 9.99. The largest absolute Gasteiger partial charge is 0.494 e. The summed E-state index contributed by atoms with van der Waals surface area (Å²) in [6.07, 6.45) is 1.70. The summed E-state index contributed by atoms with van der Waals surface area (Å²) in [6, 6.07) is 1.94. The van der Waals surface area contributed by atoms with Gasteiger partial charge in [-0.25, -0.2) is 0 Å². The van der Waals surface area contributed by atoms with Crippen molar-refractivity contribution in [2.24, 2.45) is 0 Å². The number of aromatic hydroxyl groups is 1. The number of nitrogens with one attached hydrogen (secondary N) is 1. The van der Waals surface area contributed by atoms with Gasteiger partial charge in [0.15, 0.2) is 6.73 Å². The van der Waals surface area contributed by atoms with E-state index in [-0.39, 0.29) is 24.1 Å². The van der Waals surface area contributed by atoms with E-state index in [0.29, 0.717) is 24.4 Å². The molecule has 1 aromatic heterocycles. The number of hydrogen-bond acceptors (Lipinski definition) is 4. The van der Waals surface area contributed by atoms with Gasteiger partial charge in [0, 0.05) is 6.54 Å². The predicted molar refractivity (Wildman–Crippen MR) is 77.0 cm³/mol. The van der Waals surface area contributed by atoms with Crippen LogP contribution >= 0.6 is 0 Å². The second kappa shape index (κ2) is 6.12. The van der Waals surface area contributed by atoms with E-state index < -0.39 is 5.56 Å². The van der Waals surface area contributed by atoms with Crippen molar-refractivity contribution in [3.05, 3.63) is 39.7 Å². The van der Waals surface area contributed by atoms with Crippen molar-refractivity contribution in [3.8, 4) is 11.9 Å². The molecule has 6 nitrogen and oxygen atoms in total. The molecule has 2 atom stereocenters. The maximum atomic E-state index is 12.2. The highest BCUT2D eigenvalue weighted by atomic mass is 16.5. The summed E-state index contributed by atoms with van der Waals surface area (Å²) in [5.41, 5.74) is 0.780. The van der Waals surface area contributed by atoms with E-state index >= 15 is 0 Å². The zero-order valence-electron chi connectivity index (χ0n) is 12.3. The number of nitrogens with zero attached hydrogens (tertiary/aromatic N) is 2. The molecule has 0 spiro atoms. The lowest BCUT2D eigenvalue weighted by Gasteiger charge is -2.17. The van der Waals surface area contributed by atoms with Gasteiger partial charge >= 0.3 is 0 Å². The normalized spacial score (nSPS) is 21.2. The fraction of sp³-hybridized carbons (Fsp3) is 0.467. The molecule has 0 bridgehead atoms. The van der Waals surface area contributed by atoms with Gasteiger partial charge in [0.1, 0.15) is 30.8 Å². The van der Waals surface area contributed by atoms with E-state index in [4.69, 9.17) is 4.74 Å². The highest BCUT2D eigenvalue weighted by molar-refractivity contribution is 5.45. The van der Waals surface area contributed by atoms with Crippen molar-refractivity contribution in [3.63, 3.8) is 0 Å². The number of allylic oxidation sites excluding steroid dienone is 1. The van der Waals surface area contributed by atoms with Crippen molar-refractivity contribution in [1.82, 2.24) is 4.57 Å². The molecule has 0 amide bonds. The zero-order valence-corrected chi connectivity index (χ0v) is 12.3. The highest BCUT2D eigenvalue weighted by Crippen LogP contribution is 2.21. The summed E-state index contributed by atoms with van der Waals surface area (Å²) in [4.78, 5) is 13.3. The fourth-order valence-electron chi connectivity index (χ4n) is 2.67. The lowest BCUT2D eigenvalue weighted by Crippen LogP contribution is -3.09.